The molecule has 1 heterocycles. The van der Waals surface area contributed by atoms with Gasteiger partial charge in [0.05, 0.1) is 0 Å². The summed E-state index contributed by atoms with van der Waals surface area (Å²) >= 11 is 0.997. The van der Waals surface area contributed by atoms with Crippen molar-refractivity contribution < 1.29 is 24.6 Å². The van der Waals surface area contributed by atoms with E-state index in [-0.39, 0.29) is 23.3 Å². The van der Waals surface area contributed by atoms with E-state index in [2.05, 4.69) is 0 Å². The number of amides is 1. The summed E-state index contributed by atoms with van der Waals surface area (Å²) < 4.78 is 0. The second kappa shape index (κ2) is 4.52. The third-order valence-electron chi connectivity index (χ3n) is 2.13. The third-order valence-corrected chi connectivity index (χ3v) is 3.13. The molecule has 1 fully saturated rings. The van der Waals surface area contributed by atoms with E-state index < -0.39 is 18.1 Å². The Labute approximate surface area is 90.2 Å². The van der Waals surface area contributed by atoms with Crippen molar-refractivity contribution >= 4 is 28.9 Å². The molecule has 0 unspecified atom stereocenters. The predicted octanol–water partition coefficient (Wildman–Crippen LogP) is 0.472. The van der Waals surface area contributed by atoms with Gasteiger partial charge in [0.25, 0.3) is 0 Å². The molecule has 1 amide bonds. The summed E-state index contributed by atoms with van der Waals surface area (Å²) in [5, 5.41) is 17.2. The highest BCUT2D eigenvalue weighted by atomic mass is 32.2. The van der Waals surface area contributed by atoms with Gasteiger partial charge in [-0.05, 0) is 6.42 Å². The number of carbonyl (C=O) groups excluding carboxylic acids is 1. The van der Waals surface area contributed by atoms with Gasteiger partial charge in [0.1, 0.15) is 6.04 Å². The van der Waals surface area contributed by atoms with Crippen LogP contribution < -0.4 is 0 Å². The summed E-state index contributed by atoms with van der Waals surface area (Å²) in [4.78, 5) is 33.1. The molecule has 15 heavy (non-hydrogen) atoms. The van der Waals surface area contributed by atoms with Crippen molar-refractivity contribution in [2.75, 3.05) is 6.54 Å². The van der Waals surface area contributed by atoms with E-state index in [0.717, 1.165) is 16.7 Å². The minimum Gasteiger partial charge on any atom is -0.480 e. The van der Waals surface area contributed by atoms with E-state index in [1.165, 1.54) is 6.92 Å². The van der Waals surface area contributed by atoms with Crippen LogP contribution in [0.2, 0.25) is 0 Å². The highest BCUT2D eigenvalue weighted by molar-refractivity contribution is 8.14. The van der Waals surface area contributed by atoms with Crippen LogP contribution in [0, 0.1) is 0 Å². The Hall–Kier alpha value is -1.24. The molecule has 0 aliphatic carbocycles. The number of hydrogen-bond donors (Lipinski definition) is 2. The normalized spacial score (nSPS) is 25.3. The first kappa shape index (κ1) is 11.8. The first-order chi connectivity index (χ1) is 6.91. The molecule has 2 N–H and O–H groups in total. The summed E-state index contributed by atoms with van der Waals surface area (Å²) in [5.41, 5.74) is 0. The molecule has 84 valence electrons. The zero-order valence-corrected chi connectivity index (χ0v) is 8.86. The maximum atomic E-state index is 10.8. The topological polar surface area (TPSA) is 94.9 Å². The van der Waals surface area contributed by atoms with Crippen molar-refractivity contribution in [2.24, 2.45) is 0 Å². The van der Waals surface area contributed by atoms with Crippen molar-refractivity contribution in [2.45, 2.75) is 24.6 Å². The molecule has 1 aliphatic rings. The number of carboxylic acid groups (broad SMARTS) is 2. The first-order valence-corrected chi connectivity index (χ1v) is 5.19. The number of thioether (sulfide) groups is 1. The van der Waals surface area contributed by atoms with Crippen LogP contribution in [0.4, 0.5) is 4.79 Å². The average molecular weight is 233 g/mol. The molecule has 0 spiro atoms. The first-order valence-electron chi connectivity index (χ1n) is 4.31. The average Bonchev–Trinajstić information content (AvgIpc) is 2.46. The Balaban J connectivity index is 2.69. The van der Waals surface area contributed by atoms with Crippen molar-refractivity contribution in [3.63, 3.8) is 0 Å². The van der Waals surface area contributed by atoms with Gasteiger partial charge in [-0.25, -0.2) is 9.59 Å². The molecular weight excluding hydrogens is 222 g/mol. The molecule has 0 saturated carbocycles. The van der Waals surface area contributed by atoms with E-state index >= 15 is 0 Å². The Morgan fingerprint density at radius 1 is 1.33 bits per heavy atom. The van der Waals surface area contributed by atoms with Crippen LogP contribution in [0.5, 0.6) is 0 Å². The van der Waals surface area contributed by atoms with Crippen LogP contribution in [-0.4, -0.2) is 50.1 Å². The summed E-state index contributed by atoms with van der Waals surface area (Å²) in [6, 6.07) is -1.03. The van der Waals surface area contributed by atoms with Crippen LogP contribution in [0.25, 0.3) is 0 Å². The number of aliphatic carboxylic acids is 1. The minimum absolute atomic E-state index is 0.0938. The van der Waals surface area contributed by atoms with Gasteiger partial charge in [0, 0.05) is 18.7 Å². The molecule has 1 aliphatic heterocycles. The molecule has 7 heteroatoms. The highest BCUT2D eigenvalue weighted by Gasteiger charge is 2.40. The molecule has 0 aromatic carbocycles. The lowest BCUT2D eigenvalue weighted by molar-refractivity contribution is -0.141. The van der Waals surface area contributed by atoms with E-state index in [1.54, 1.807) is 0 Å². The summed E-state index contributed by atoms with van der Waals surface area (Å²) in [7, 11) is 0. The maximum absolute atomic E-state index is 10.8. The fourth-order valence-corrected chi connectivity index (χ4v) is 2.55. The van der Waals surface area contributed by atoms with Crippen LogP contribution in [0.15, 0.2) is 0 Å². The summed E-state index contributed by atoms with van der Waals surface area (Å²) in [6.45, 7) is 1.47. The van der Waals surface area contributed by atoms with Gasteiger partial charge in [-0.1, -0.05) is 11.8 Å². The Kier molecular flexibility index (Phi) is 3.57. The molecule has 0 aromatic rings. The lowest BCUT2D eigenvalue weighted by Crippen LogP contribution is -2.39. The fraction of sp³-hybridized carbons (Fsp3) is 0.625. The van der Waals surface area contributed by atoms with Crippen LogP contribution in [0.1, 0.15) is 13.3 Å². The number of likely N-dealkylation sites (tertiary alicyclic amines) is 1. The number of nitrogens with zero attached hydrogens (tertiary/aromatic N) is 1. The van der Waals surface area contributed by atoms with E-state index in [1.807, 2.05) is 0 Å². The van der Waals surface area contributed by atoms with Gasteiger partial charge in [0.15, 0.2) is 5.12 Å². The van der Waals surface area contributed by atoms with Gasteiger partial charge >= 0.3 is 12.1 Å². The second-order valence-electron chi connectivity index (χ2n) is 3.26. The monoisotopic (exact) mass is 233 g/mol. The fourth-order valence-electron chi connectivity index (χ4n) is 1.56. The van der Waals surface area contributed by atoms with E-state index in [4.69, 9.17) is 10.2 Å². The number of rotatable bonds is 2. The van der Waals surface area contributed by atoms with E-state index in [0.29, 0.717) is 0 Å². The van der Waals surface area contributed by atoms with Gasteiger partial charge < -0.3 is 10.2 Å². The van der Waals surface area contributed by atoms with Crippen molar-refractivity contribution in [3.05, 3.63) is 0 Å². The van der Waals surface area contributed by atoms with Gasteiger partial charge in [-0.2, -0.15) is 0 Å². The zero-order chi connectivity index (χ0) is 11.6. The lowest BCUT2D eigenvalue weighted by Gasteiger charge is -2.16. The SMILES string of the molecule is CC(=O)S[C@H]1C[C@H](C(=O)O)N(C(=O)O)C1. The smallest absolute Gasteiger partial charge is 0.408 e. The minimum atomic E-state index is -1.26. The highest BCUT2D eigenvalue weighted by Crippen LogP contribution is 2.28. The van der Waals surface area contributed by atoms with Crippen LogP contribution in [0.3, 0.4) is 0 Å². The zero-order valence-electron chi connectivity index (χ0n) is 8.04. The van der Waals surface area contributed by atoms with Crippen molar-refractivity contribution in [3.8, 4) is 0 Å². The molecule has 6 nitrogen and oxygen atoms in total. The van der Waals surface area contributed by atoms with E-state index in [9.17, 15) is 14.4 Å². The number of carboxylic acids is 1. The van der Waals surface area contributed by atoms with Crippen LogP contribution >= 0.6 is 11.8 Å². The molecule has 0 bridgehead atoms. The molecular formula is C8H11NO5S. The molecule has 2 atom stereocenters. The molecule has 0 radical (unpaired) electrons. The Bertz CT molecular complexity index is 283. The van der Waals surface area contributed by atoms with Crippen molar-refractivity contribution in [1.29, 1.82) is 0 Å². The molecule has 1 saturated heterocycles. The lowest BCUT2D eigenvalue weighted by atomic mass is 10.2. The second-order valence-corrected chi connectivity index (χ2v) is 4.73. The third kappa shape index (κ3) is 2.85. The standard InChI is InChI=1S/C8H11NO5S/c1-4(10)15-5-2-6(7(11)12)9(3-5)8(13)14/h5-6H,2-3H2,1H3,(H,11,12)(H,13,14)/t5-,6+/m0/s1. The maximum Gasteiger partial charge on any atom is 0.408 e. The Morgan fingerprint density at radius 2 is 1.93 bits per heavy atom. The quantitative estimate of drug-likeness (QED) is 0.720. The number of carbonyl (C=O) groups is 3. The largest absolute Gasteiger partial charge is 0.480 e. The predicted molar refractivity (Wildman–Crippen MR) is 52.8 cm³/mol. The Morgan fingerprint density at radius 3 is 2.27 bits per heavy atom. The van der Waals surface area contributed by atoms with Gasteiger partial charge in [0.2, 0.25) is 0 Å². The van der Waals surface area contributed by atoms with Crippen molar-refractivity contribution in [1.82, 2.24) is 4.90 Å². The van der Waals surface area contributed by atoms with Crippen LogP contribution in [-0.2, 0) is 9.59 Å². The van der Waals surface area contributed by atoms with Gasteiger partial charge in [-0.15, -0.1) is 0 Å². The number of hydrogen-bond acceptors (Lipinski definition) is 4. The summed E-state index contributed by atoms with van der Waals surface area (Å²) in [6.07, 6.45) is -1.07. The van der Waals surface area contributed by atoms with Gasteiger partial charge in [-0.3, -0.25) is 9.69 Å². The molecule has 1 rings (SSSR count). The molecule has 0 aromatic heterocycles. The summed E-state index contributed by atoms with van der Waals surface area (Å²) in [5.74, 6) is -1.16.